The second kappa shape index (κ2) is 9.38. The van der Waals surface area contributed by atoms with Gasteiger partial charge < -0.3 is 16.4 Å². The number of hydrogen-bond donors (Lipinski definition) is 3. The molecule has 0 aliphatic carbocycles. The van der Waals surface area contributed by atoms with Crippen LogP contribution in [0.2, 0.25) is 0 Å². The molecule has 4 N–H and O–H groups in total. The van der Waals surface area contributed by atoms with E-state index >= 15 is 0 Å². The first-order valence-corrected chi connectivity index (χ1v) is 9.59. The molecule has 154 valence electrons. The van der Waals surface area contributed by atoms with Crippen molar-refractivity contribution in [3.05, 3.63) is 70.4 Å². The van der Waals surface area contributed by atoms with Gasteiger partial charge in [0.1, 0.15) is 11.4 Å². The Labute approximate surface area is 180 Å². The number of benzene rings is 2. The minimum absolute atomic E-state index is 0.165. The maximum Gasteiger partial charge on any atom is 0.254 e. The average Bonchev–Trinajstić information content (AvgIpc) is 2.75. The molecule has 8 nitrogen and oxygen atoms in total. The molecule has 0 radical (unpaired) electrons. The standard InChI is InChI=1S/C23H21N7O/c1-14-10-17(4-3-9-24)11-15(2)20(14)29-22-19(21(26)31)13-27-23(30-22)28-18-7-5-16(12-25)6-8-18/h5-8,10-11,13H,3-4H2,1-2H3,(H2,26,31)(H2,27,28,29,30). The number of aromatic nitrogens is 2. The molecule has 31 heavy (non-hydrogen) atoms. The summed E-state index contributed by atoms with van der Waals surface area (Å²) in [5.74, 6) is -0.0823. The molecular weight excluding hydrogens is 390 g/mol. The van der Waals surface area contributed by atoms with Crippen LogP contribution in [-0.4, -0.2) is 15.9 Å². The first-order valence-electron chi connectivity index (χ1n) is 9.59. The summed E-state index contributed by atoms with van der Waals surface area (Å²) < 4.78 is 0. The Morgan fingerprint density at radius 1 is 1.10 bits per heavy atom. The average molecular weight is 411 g/mol. The first kappa shape index (κ1) is 21.3. The van der Waals surface area contributed by atoms with Crippen molar-refractivity contribution in [2.45, 2.75) is 26.7 Å². The number of carbonyl (C=O) groups excluding carboxylic acids is 1. The zero-order valence-electron chi connectivity index (χ0n) is 17.2. The number of rotatable bonds is 7. The molecule has 0 bridgehead atoms. The van der Waals surface area contributed by atoms with Crippen LogP contribution < -0.4 is 16.4 Å². The van der Waals surface area contributed by atoms with Crippen molar-refractivity contribution in [1.29, 1.82) is 10.5 Å². The second-order valence-corrected chi connectivity index (χ2v) is 7.02. The van der Waals surface area contributed by atoms with E-state index in [-0.39, 0.29) is 17.3 Å². The summed E-state index contributed by atoms with van der Waals surface area (Å²) in [7, 11) is 0. The number of anilines is 4. The fourth-order valence-electron chi connectivity index (χ4n) is 3.19. The Morgan fingerprint density at radius 2 is 1.77 bits per heavy atom. The third-order valence-electron chi connectivity index (χ3n) is 4.69. The van der Waals surface area contributed by atoms with Gasteiger partial charge in [-0.15, -0.1) is 0 Å². The summed E-state index contributed by atoms with van der Waals surface area (Å²) in [6.45, 7) is 3.90. The Balaban J connectivity index is 1.92. The van der Waals surface area contributed by atoms with Gasteiger partial charge in [-0.1, -0.05) is 12.1 Å². The summed E-state index contributed by atoms with van der Waals surface area (Å²) in [5.41, 5.74) is 10.7. The van der Waals surface area contributed by atoms with Gasteiger partial charge in [-0.05, 0) is 61.2 Å². The normalized spacial score (nSPS) is 10.1. The highest BCUT2D eigenvalue weighted by atomic mass is 16.1. The fourth-order valence-corrected chi connectivity index (χ4v) is 3.19. The summed E-state index contributed by atoms with van der Waals surface area (Å²) in [6, 6.07) is 15.1. The summed E-state index contributed by atoms with van der Waals surface area (Å²) in [5, 5.41) is 24.0. The third kappa shape index (κ3) is 5.14. The zero-order chi connectivity index (χ0) is 22.4. The van der Waals surface area contributed by atoms with Gasteiger partial charge in [-0.3, -0.25) is 4.79 Å². The molecule has 0 saturated carbocycles. The van der Waals surface area contributed by atoms with Crippen LogP contribution in [0, 0.1) is 36.5 Å². The lowest BCUT2D eigenvalue weighted by Gasteiger charge is -2.16. The number of hydrogen-bond acceptors (Lipinski definition) is 7. The van der Waals surface area contributed by atoms with Gasteiger partial charge in [0.05, 0.1) is 17.7 Å². The summed E-state index contributed by atoms with van der Waals surface area (Å²) in [4.78, 5) is 20.5. The number of nitrogens with two attached hydrogens (primary N) is 1. The molecule has 1 amide bonds. The van der Waals surface area contributed by atoms with Gasteiger partial charge in [-0.25, -0.2) is 4.98 Å². The smallest absolute Gasteiger partial charge is 0.254 e. The number of nitrogens with zero attached hydrogens (tertiary/aromatic N) is 4. The van der Waals surface area contributed by atoms with Crippen molar-refractivity contribution in [2.75, 3.05) is 10.6 Å². The largest absolute Gasteiger partial charge is 0.365 e. The Hall–Kier alpha value is -4.43. The Bertz CT molecular complexity index is 1180. The van der Waals surface area contributed by atoms with Crippen LogP contribution >= 0.6 is 0 Å². The number of nitriles is 2. The van der Waals surface area contributed by atoms with E-state index in [1.165, 1.54) is 6.20 Å². The van der Waals surface area contributed by atoms with Gasteiger partial charge in [0.25, 0.3) is 5.91 Å². The maximum atomic E-state index is 11.9. The van der Waals surface area contributed by atoms with Crippen molar-refractivity contribution >= 4 is 29.0 Å². The minimum atomic E-state index is -0.645. The summed E-state index contributed by atoms with van der Waals surface area (Å²) >= 11 is 0. The predicted octanol–water partition coefficient (Wildman–Crippen LogP) is 4.01. The van der Waals surface area contributed by atoms with Crippen LogP contribution in [0.4, 0.5) is 23.1 Å². The van der Waals surface area contributed by atoms with E-state index in [0.29, 0.717) is 24.1 Å². The number of amides is 1. The van der Waals surface area contributed by atoms with E-state index in [4.69, 9.17) is 16.3 Å². The van der Waals surface area contributed by atoms with Crippen molar-refractivity contribution < 1.29 is 4.79 Å². The van der Waals surface area contributed by atoms with E-state index in [0.717, 1.165) is 22.4 Å². The van der Waals surface area contributed by atoms with Crippen LogP contribution in [0.1, 0.15) is 39.0 Å². The molecule has 1 aromatic heterocycles. The number of aryl methyl sites for hydroxylation is 3. The maximum absolute atomic E-state index is 11.9. The van der Waals surface area contributed by atoms with Gasteiger partial charge in [0.2, 0.25) is 5.95 Å². The highest BCUT2D eigenvalue weighted by Crippen LogP contribution is 2.28. The van der Waals surface area contributed by atoms with Crippen LogP contribution in [0.15, 0.2) is 42.6 Å². The van der Waals surface area contributed by atoms with Crippen LogP contribution in [0.25, 0.3) is 0 Å². The Morgan fingerprint density at radius 3 is 2.35 bits per heavy atom. The molecule has 8 heteroatoms. The zero-order valence-corrected chi connectivity index (χ0v) is 17.2. The molecule has 0 unspecified atom stereocenters. The minimum Gasteiger partial charge on any atom is -0.365 e. The van der Waals surface area contributed by atoms with Crippen LogP contribution in [0.3, 0.4) is 0 Å². The van der Waals surface area contributed by atoms with Gasteiger partial charge in [-0.2, -0.15) is 15.5 Å². The Kier molecular flexibility index (Phi) is 6.44. The topological polar surface area (TPSA) is 141 Å². The molecule has 3 aromatic rings. The third-order valence-corrected chi connectivity index (χ3v) is 4.69. The molecule has 0 aliphatic heterocycles. The highest BCUT2D eigenvalue weighted by Gasteiger charge is 2.15. The first-order chi connectivity index (χ1) is 14.9. The van der Waals surface area contributed by atoms with E-state index in [9.17, 15) is 4.79 Å². The van der Waals surface area contributed by atoms with Gasteiger partial charge in [0.15, 0.2) is 0 Å². The lowest BCUT2D eigenvalue weighted by molar-refractivity contribution is 0.100. The van der Waals surface area contributed by atoms with Crippen molar-refractivity contribution in [3.8, 4) is 12.1 Å². The van der Waals surface area contributed by atoms with Crippen LogP contribution in [0.5, 0.6) is 0 Å². The molecule has 3 rings (SSSR count). The number of nitrogens with one attached hydrogen (secondary N) is 2. The van der Waals surface area contributed by atoms with E-state index in [2.05, 4.69) is 32.7 Å². The van der Waals surface area contributed by atoms with E-state index in [1.54, 1.807) is 24.3 Å². The fraction of sp³-hybridized carbons (Fsp3) is 0.174. The molecule has 0 spiro atoms. The van der Waals surface area contributed by atoms with Crippen molar-refractivity contribution in [1.82, 2.24) is 9.97 Å². The second-order valence-electron chi connectivity index (χ2n) is 7.02. The van der Waals surface area contributed by atoms with Crippen molar-refractivity contribution in [2.24, 2.45) is 5.73 Å². The molecule has 1 heterocycles. The highest BCUT2D eigenvalue weighted by molar-refractivity contribution is 5.98. The predicted molar refractivity (Wildman–Crippen MR) is 118 cm³/mol. The SMILES string of the molecule is Cc1cc(CCC#N)cc(C)c1Nc1nc(Nc2ccc(C#N)cc2)ncc1C(N)=O. The molecular formula is C23H21N7O. The number of primary amides is 1. The van der Waals surface area contributed by atoms with Crippen molar-refractivity contribution in [3.63, 3.8) is 0 Å². The van der Waals surface area contributed by atoms with E-state index in [1.807, 2.05) is 26.0 Å². The van der Waals surface area contributed by atoms with Gasteiger partial charge >= 0.3 is 0 Å². The van der Waals surface area contributed by atoms with E-state index < -0.39 is 5.91 Å². The van der Waals surface area contributed by atoms with Crippen LogP contribution in [-0.2, 0) is 6.42 Å². The number of carbonyl (C=O) groups is 1. The lowest BCUT2D eigenvalue weighted by atomic mass is 10.0. The quantitative estimate of drug-likeness (QED) is 0.533. The molecule has 0 saturated heterocycles. The monoisotopic (exact) mass is 411 g/mol. The lowest BCUT2D eigenvalue weighted by Crippen LogP contribution is -2.16. The summed E-state index contributed by atoms with van der Waals surface area (Å²) in [6.07, 6.45) is 2.50. The van der Waals surface area contributed by atoms with Gasteiger partial charge in [0, 0.05) is 24.0 Å². The molecule has 0 aliphatic rings. The molecule has 0 atom stereocenters. The molecule has 2 aromatic carbocycles. The molecule has 0 fully saturated rings.